The van der Waals surface area contributed by atoms with E-state index in [9.17, 15) is 14.7 Å². The summed E-state index contributed by atoms with van der Waals surface area (Å²) in [7, 11) is 2.08. The third-order valence-corrected chi connectivity index (χ3v) is 6.75. The van der Waals surface area contributed by atoms with Crippen LogP contribution in [0, 0.1) is 3.57 Å². The monoisotopic (exact) mass is 627 g/mol. The molecule has 0 aromatic heterocycles. The molecule has 0 spiro atoms. The summed E-state index contributed by atoms with van der Waals surface area (Å²) in [5, 5.41) is 16.3. The number of nitrogens with zero attached hydrogens (tertiary/aromatic N) is 3. The highest BCUT2D eigenvalue weighted by atomic mass is 127. The Balaban J connectivity index is 1.66. The smallest absolute Gasteiger partial charge is 0.273 e. The van der Waals surface area contributed by atoms with Crippen LogP contribution in [0.5, 0.6) is 5.75 Å². The standard InChI is InChI=1S/C29H34IN5O3/c1-4-35(5-2)16-15-34(3)20-22-7-6-8-23(17-22)28(37)32-27-14-11-24(30)18-26(27)29(38)33-31-19-21-9-12-25(36)13-10-21/h6-14,17-19,36H,4-5,15-16,20H2,1-3H3,(H,32,37)(H,33,38). The number of benzene rings is 3. The fourth-order valence-corrected chi connectivity index (χ4v) is 4.34. The summed E-state index contributed by atoms with van der Waals surface area (Å²) in [4.78, 5) is 30.6. The van der Waals surface area contributed by atoms with Crippen LogP contribution in [0.15, 0.2) is 71.8 Å². The Morgan fingerprint density at radius 2 is 1.71 bits per heavy atom. The topological polar surface area (TPSA) is 97.3 Å². The van der Waals surface area contributed by atoms with Crippen molar-refractivity contribution in [3.8, 4) is 5.75 Å². The molecule has 0 bridgehead atoms. The number of phenols is 1. The Morgan fingerprint density at radius 1 is 0.974 bits per heavy atom. The molecule has 8 nitrogen and oxygen atoms in total. The third-order valence-electron chi connectivity index (χ3n) is 6.08. The van der Waals surface area contributed by atoms with Gasteiger partial charge in [-0.05, 0) is 108 Å². The zero-order chi connectivity index (χ0) is 27.5. The molecule has 0 saturated heterocycles. The van der Waals surface area contributed by atoms with Crippen molar-refractivity contribution in [3.05, 3.63) is 92.6 Å². The minimum Gasteiger partial charge on any atom is -0.508 e. The molecule has 3 aromatic carbocycles. The normalized spacial score (nSPS) is 11.3. The summed E-state index contributed by atoms with van der Waals surface area (Å²) in [5.41, 5.74) is 5.50. The van der Waals surface area contributed by atoms with E-state index in [1.807, 2.05) is 24.3 Å². The van der Waals surface area contributed by atoms with Crippen LogP contribution in [0.1, 0.15) is 45.7 Å². The van der Waals surface area contributed by atoms with Gasteiger partial charge in [-0.15, -0.1) is 0 Å². The van der Waals surface area contributed by atoms with E-state index in [1.165, 1.54) is 18.3 Å². The predicted octanol–water partition coefficient (Wildman–Crippen LogP) is 4.79. The van der Waals surface area contributed by atoms with E-state index in [4.69, 9.17) is 0 Å². The van der Waals surface area contributed by atoms with Gasteiger partial charge in [-0.25, -0.2) is 5.43 Å². The predicted molar refractivity (Wildman–Crippen MR) is 161 cm³/mol. The van der Waals surface area contributed by atoms with Crippen LogP contribution < -0.4 is 10.7 Å². The van der Waals surface area contributed by atoms with Gasteiger partial charge >= 0.3 is 0 Å². The van der Waals surface area contributed by atoms with E-state index < -0.39 is 5.91 Å². The Labute approximate surface area is 237 Å². The number of hydrogen-bond donors (Lipinski definition) is 3. The number of carbonyl (C=O) groups is 2. The lowest BCUT2D eigenvalue weighted by atomic mass is 10.1. The van der Waals surface area contributed by atoms with Crippen LogP contribution in [-0.4, -0.2) is 66.2 Å². The number of anilines is 1. The zero-order valence-electron chi connectivity index (χ0n) is 21.9. The van der Waals surface area contributed by atoms with E-state index >= 15 is 0 Å². The number of likely N-dealkylation sites (N-methyl/N-ethyl adjacent to an activating group) is 2. The second-order valence-electron chi connectivity index (χ2n) is 8.90. The second kappa shape index (κ2) is 14.6. The first-order valence-electron chi connectivity index (χ1n) is 12.5. The molecule has 0 aliphatic heterocycles. The summed E-state index contributed by atoms with van der Waals surface area (Å²) in [6, 6.07) is 19.2. The highest BCUT2D eigenvalue weighted by Gasteiger charge is 2.15. The lowest BCUT2D eigenvalue weighted by Gasteiger charge is -2.23. The van der Waals surface area contributed by atoms with Gasteiger partial charge in [0.25, 0.3) is 11.8 Å². The average Bonchev–Trinajstić information content (AvgIpc) is 2.91. The first-order valence-corrected chi connectivity index (χ1v) is 13.6. The summed E-state index contributed by atoms with van der Waals surface area (Å²) >= 11 is 2.12. The van der Waals surface area contributed by atoms with Gasteiger partial charge in [-0.3, -0.25) is 9.59 Å². The number of amides is 2. The van der Waals surface area contributed by atoms with Crippen LogP contribution in [0.3, 0.4) is 0 Å². The number of aromatic hydroxyl groups is 1. The van der Waals surface area contributed by atoms with Crippen LogP contribution in [0.25, 0.3) is 0 Å². The largest absolute Gasteiger partial charge is 0.508 e. The first kappa shape index (κ1) is 29.3. The summed E-state index contributed by atoms with van der Waals surface area (Å²) in [6.07, 6.45) is 1.48. The molecular weight excluding hydrogens is 593 g/mol. The highest BCUT2D eigenvalue weighted by molar-refractivity contribution is 14.1. The van der Waals surface area contributed by atoms with Crippen LogP contribution in [0.4, 0.5) is 5.69 Å². The van der Waals surface area contributed by atoms with Crippen LogP contribution >= 0.6 is 22.6 Å². The molecule has 2 amide bonds. The van der Waals surface area contributed by atoms with Gasteiger partial charge in [-0.2, -0.15) is 5.10 Å². The average molecular weight is 628 g/mol. The van der Waals surface area contributed by atoms with Crippen molar-refractivity contribution >= 4 is 46.3 Å². The molecule has 3 N–H and O–H groups in total. The van der Waals surface area contributed by atoms with Gasteiger partial charge < -0.3 is 20.2 Å². The number of rotatable bonds is 12. The lowest BCUT2D eigenvalue weighted by Crippen LogP contribution is -2.32. The van der Waals surface area contributed by atoms with Crippen molar-refractivity contribution in [1.82, 2.24) is 15.2 Å². The van der Waals surface area contributed by atoms with Crippen molar-refractivity contribution in [2.24, 2.45) is 5.10 Å². The molecule has 38 heavy (non-hydrogen) atoms. The maximum absolute atomic E-state index is 13.1. The van der Waals surface area contributed by atoms with Crippen molar-refractivity contribution < 1.29 is 14.7 Å². The van der Waals surface area contributed by atoms with E-state index in [2.05, 4.69) is 69.1 Å². The molecule has 0 atom stereocenters. The zero-order valence-corrected chi connectivity index (χ0v) is 24.1. The number of nitrogens with one attached hydrogen (secondary N) is 2. The molecule has 3 aromatic rings. The van der Waals surface area contributed by atoms with Crippen LogP contribution in [-0.2, 0) is 6.54 Å². The van der Waals surface area contributed by atoms with Crippen molar-refractivity contribution in [2.45, 2.75) is 20.4 Å². The Bertz CT molecular complexity index is 1260. The number of phenolic OH excluding ortho intramolecular Hbond substituents is 1. The van der Waals surface area contributed by atoms with Crippen molar-refractivity contribution in [3.63, 3.8) is 0 Å². The second-order valence-corrected chi connectivity index (χ2v) is 10.1. The third kappa shape index (κ3) is 8.93. The number of hydrazone groups is 1. The molecular formula is C29H34IN5O3. The summed E-state index contributed by atoms with van der Waals surface area (Å²) in [5.74, 6) is -0.587. The lowest BCUT2D eigenvalue weighted by molar-refractivity contribution is 0.0956. The Hall–Kier alpha value is -3.28. The maximum Gasteiger partial charge on any atom is 0.273 e. The molecule has 200 valence electrons. The van der Waals surface area contributed by atoms with E-state index in [1.54, 1.807) is 30.3 Å². The molecule has 0 radical (unpaired) electrons. The van der Waals surface area contributed by atoms with Gasteiger partial charge in [0, 0.05) is 28.8 Å². The number of carbonyl (C=O) groups excluding carboxylic acids is 2. The summed E-state index contributed by atoms with van der Waals surface area (Å²) in [6.45, 7) is 9.07. The number of halogens is 1. The van der Waals surface area contributed by atoms with Gasteiger partial charge in [-0.1, -0.05) is 26.0 Å². The Kier molecular flexibility index (Phi) is 11.3. The molecule has 9 heteroatoms. The molecule has 0 saturated carbocycles. The van der Waals surface area contributed by atoms with E-state index in [-0.39, 0.29) is 11.7 Å². The fourth-order valence-electron chi connectivity index (χ4n) is 3.85. The molecule has 0 fully saturated rings. The summed E-state index contributed by atoms with van der Waals surface area (Å²) < 4.78 is 0.850. The Morgan fingerprint density at radius 3 is 2.42 bits per heavy atom. The van der Waals surface area contributed by atoms with Crippen molar-refractivity contribution in [1.29, 1.82) is 0 Å². The van der Waals surface area contributed by atoms with E-state index in [0.29, 0.717) is 16.8 Å². The molecule has 0 aliphatic carbocycles. The van der Waals surface area contributed by atoms with Crippen LogP contribution in [0.2, 0.25) is 0 Å². The van der Waals surface area contributed by atoms with Gasteiger partial charge in [0.05, 0.1) is 17.5 Å². The SMILES string of the molecule is CCN(CC)CCN(C)Cc1cccc(C(=O)Nc2ccc(I)cc2C(=O)NN=Cc2ccc(O)cc2)c1. The molecule has 0 heterocycles. The highest BCUT2D eigenvalue weighted by Crippen LogP contribution is 2.20. The molecule has 0 unspecified atom stereocenters. The van der Waals surface area contributed by atoms with E-state index in [0.717, 1.165) is 47.4 Å². The minimum atomic E-state index is -0.447. The van der Waals surface area contributed by atoms with Gasteiger partial charge in [0.1, 0.15) is 5.75 Å². The minimum absolute atomic E-state index is 0.151. The maximum atomic E-state index is 13.1. The first-order chi connectivity index (χ1) is 18.3. The number of hydrogen-bond acceptors (Lipinski definition) is 6. The molecule has 3 rings (SSSR count). The fraction of sp³-hybridized carbons (Fsp3) is 0.276. The van der Waals surface area contributed by atoms with Crippen molar-refractivity contribution in [2.75, 3.05) is 38.5 Å². The quantitative estimate of drug-likeness (QED) is 0.153. The van der Waals surface area contributed by atoms with Gasteiger partial charge in [0.15, 0.2) is 0 Å². The molecule has 0 aliphatic rings. The van der Waals surface area contributed by atoms with Gasteiger partial charge in [0.2, 0.25) is 0 Å².